The monoisotopic (exact) mass is 274 g/mol. The van der Waals surface area contributed by atoms with Gasteiger partial charge in [0.05, 0.1) is 10.6 Å². The third kappa shape index (κ3) is 3.26. The molecule has 0 spiro atoms. The topological polar surface area (TPSA) is 55.1 Å². The lowest BCUT2D eigenvalue weighted by Gasteiger charge is -2.09. The molecule has 0 atom stereocenters. The van der Waals surface area contributed by atoms with Crippen molar-refractivity contribution >= 4 is 23.2 Å². The van der Waals surface area contributed by atoms with E-state index in [1.165, 1.54) is 0 Å². The number of aryl methyl sites for hydroxylation is 1. The molecule has 4 heteroatoms. The molecule has 0 aromatic heterocycles. The summed E-state index contributed by atoms with van der Waals surface area (Å²) >= 11 is 5.99. The minimum atomic E-state index is -0.260. The van der Waals surface area contributed by atoms with Crippen molar-refractivity contribution in [2.24, 2.45) is 0 Å². The van der Waals surface area contributed by atoms with Gasteiger partial charge in [-0.3, -0.25) is 4.79 Å². The molecule has 98 valence electrons. The molecule has 0 aliphatic rings. The van der Waals surface area contributed by atoms with E-state index in [2.05, 4.69) is 5.32 Å². The molecule has 0 unspecified atom stereocenters. The highest BCUT2D eigenvalue weighted by Crippen LogP contribution is 2.21. The van der Waals surface area contributed by atoms with Crippen LogP contribution in [0.4, 0.5) is 5.69 Å². The van der Waals surface area contributed by atoms with Crippen LogP contribution < -0.4 is 11.1 Å². The van der Waals surface area contributed by atoms with E-state index in [4.69, 9.17) is 17.3 Å². The first-order chi connectivity index (χ1) is 9.08. The Hall–Kier alpha value is -2.00. The minimum absolute atomic E-state index is 0.260. The molecule has 0 radical (unpaired) electrons. The molecule has 0 aliphatic heterocycles. The van der Waals surface area contributed by atoms with Crippen LogP contribution in [0.15, 0.2) is 42.5 Å². The quantitative estimate of drug-likeness (QED) is 0.845. The maximum Gasteiger partial charge on any atom is 0.255 e. The average molecular weight is 275 g/mol. The number of carbonyl (C=O) groups is 1. The number of amides is 1. The summed E-state index contributed by atoms with van der Waals surface area (Å²) < 4.78 is 0. The Kier molecular flexibility index (Phi) is 4.07. The zero-order valence-electron chi connectivity index (χ0n) is 10.6. The van der Waals surface area contributed by atoms with E-state index in [-0.39, 0.29) is 5.91 Å². The van der Waals surface area contributed by atoms with E-state index >= 15 is 0 Å². The van der Waals surface area contributed by atoms with Gasteiger partial charge in [-0.25, -0.2) is 0 Å². The van der Waals surface area contributed by atoms with Crippen LogP contribution in [0.3, 0.4) is 0 Å². The third-order valence-electron chi connectivity index (χ3n) is 2.81. The molecule has 0 saturated carbocycles. The van der Waals surface area contributed by atoms with Crippen LogP contribution in [0.25, 0.3) is 0 Å². The molecule has 2 aromatic rings. The number of halogens is 1. The lowest BCUT2D eigenvalue weighted by Crippen LogP contribution is -2.24. The second-order valence-electron chi connectivity index (χ2n) is 4.38. The number of nitrogens with one attached hydrogen (secondary N) is 1. The molecule has 3 N–H and O–H groups in total. The first kappa shape index (κ1) is 13.4. The molecule has 3 nitrogen and oxygen atoms in total. The van der Waals surface area contributed by atoms with Crippen LogP contribution in [-0.4, -0.2) is 5.91 Å². The van der Waals surface area contributed by atoms with E-state index in [9.17, 15) is 4.79 Å². The van der Waals surface area contributed by atoms with Crippen LogP contribution in [0.2, 0.25) is 5.02 Å². The fourth-order valence-electron chi connectivity index (χ4n) is 1.87. The van der Waals surface area contributed by atoms with Crippen molar-refractivity contribution < 1.29 is 4.79 Å². The van der Waals surface area contributed by atoms with Gasteiger partial charge in [-0.2, -0.15) is 0 Å². The maximum atomic E-state index is 12.1. The summed E-state index contributed by atoms with van der Waals surface area (Å²) in [4.78, 5) is 12.1. The second-order valence-corrected chi connectivity index (χ2v) is 4.78. The Morgan fingerprint density at radius 2 is 2.00 bits per heavy atom. The molecule has 2 aromatic carbocycles. The predicted octanol–water partition coefficient (Wildman–Crippen LogP) is 3.16. The standard InChI is InChI=1S/C15H15ClN2O/c1-10-4-2-5-11(8-10)9-18-15(19)14-12(16)6-3-7-13(14)17/h2-8H,9,17H2,1H3,(H,18,19). The largest absolute Gasteiger partial charge is 0.398 e. The highest BCUT2D eigenvalue weighted by atomic mass is 35.5. The van der Waals surface area contributed by atoms with Gasteiger partial charge in [-0.05, 0) is 24.6 Å². The summed E-state index contributed by atoms with van der Waals surface area (Å²) in [5, 5.41) is 3.18. The summed E-state index contributed by atoms with van der Waals surface area (Å²) in [6.45, 7) is 2.46. The van der Waals surface area contributed by atoms with Gasteiger partial charge in [0.1, 0.15) is 0 Å². The molecule has 0 aliphatic carbocycles. The van der Waals surface area contributed by atoms with Crippen molar-refractivity contribution in [3.63, 3.8) is 0 Å². The first-order valence-electron chi connectivity index (χ1n) is 5.95. The lowest BCUT2D eigenvalue weighted by atomic mass is 10.1. The number of nitrogen functional groups attached to an aromatic ring is 1. The average Bonchev–Trinajstić information content (AvgIpc) is 2.36. The first-order valence-corrected chi connectivity index (χ1v) is 6.33. The summed E-state index contributed by atoms with van der Waals surface area (Å²) in [5.74, 6) is -0.260. The number of hydrogen-bond acceptors (Lipinski definition) is 2. The SMILES string of the molecule is Cc1cccc(CNC(=O)c2c(N)cccc2Cl)c1. The molecular weight excluding hydrogens is 260 g/mol. The number of hydrogen-bond donors (Lipinski definition) is 2. The van der Waals surface area contributed by atoms with Crippen LogP contribution >= 0.6 is 11.6 Å². The van der Waals surface area contributed by atoms with Crippen LogP contribution in [0.5, 0.6) is 0 Å². The van der Waals surface area contributed by atoms with Gasteiger partial charge in [0.2, 0.25) is 0 Å². The van der Waals surface area contributed by atoms with Gasteiger partial charge in [0.25, 0.3) is 5.91 Å². The number of carbonyl (C=O) groups excluding carboxylic acids is 1. The number of nitrogens with two attached hydrogens (primary N) is 1. The molecule has 2 rings (SSSR count). The van der Waals surface area contributed by atoms with E-state index in [1.54, 1.807) is 18.2 Å². The number of benzene rings is 2. The third-order valence-corrected chi connectivity index (χ3v) is 3.12. The number of anilines is 1. The summed E-state index contributed by atoms with van der Waals surface area (Å²) in [7, 11) is 0. The zero-order chi connectivity index (χ0) is 13.8. The van der Waals surface area contributed by atoms with E-state index in [0.29, 0.717) is 22.8 Å². The zero-order valence-corrected chi connectivity index (χ0v) is 11.4. The fraction of sp³-hybridized carbons (Fsp3) is 0.133. The Morgan fingerprint density at radius 3 is 2.68 bits per heavy atom. The smallest absolute Gasteiger partial charge is 0.255 e. The summed E-state index contributed by atoms with van der Waals surface area (Å²) in [5.41, 5.74) is 8.68. The van der Waals surface area contributed by atoms with Gasteiger partial charge in [0.15, 0.2) is 0 Å². The molecule has 0 bridgehead atoms. The Labute approximate surface area is 117 Å². The number of rotatable bonds is 3. The van der Waals surface area contributed by atoms with E-state index < -0.39 is 0 Å². The van der Waals surface area contributed by atoms with Crippen LogP contribution in [-0.2, 0) is 6.54 Å². The van der Waals surface area contributed by atoms with Crippen molar-refractivity contribution in [3.05, 3.63) is 64.2 Å². The fourth-order valence-corrected chi connectivity index (χ4v) is 2.14. The highest BCUT2D eigenvalue weighted by Gasteiger charge is 2.13. The van der Waals surface area contributed by atoms with E-state index in [0.717, 1.165) is 11.1 Å². The molecule has 1 amide bonds. The van der Waals surface area contributed by atoms with E-state index in [1.807, 2.05) is 31.2 Å². The Balaban J connectivity index is 2.10. The van der Waals surface area contributed by atoms with Gasteiger partial charge >= 0.3 is 0 Å². The molecule has 19 heavy (non-hydrogen) atoms. The van der Waals surface area contributed by atoms with Crippen LogP contribution in [0, 0.1) is 6.92 Å². The highest BCUT2D eigenvalue weighted by molar-refractivity contribution is 6.34. The lowest BCUT2D eigenvalue weighted by molar-refractivity contribution is 0.0952. The van der Waals surface area contributed by atoms with Crippen molar-refractivity contribution in [3.8, 4) is 0 Å². The van der Waals surface area contributed by atoms with Gasteiger partial charge in [0, 0.05) is 12.2 Å². The van der Waals surface area contributed by atoms with Crippen molar-refractivity contribution in [2.75, 3.05) is 5.73 Å². The van der Waals surface area contributed by atoms with Crippen molar-refractivity contribution in [1.29, 1.82) is 0 Å². The second kappa shape index (κ2) is 5.76. The Bertz CT molecular complexity index is 591. The minimum Gasteiger partial charge on any atom is -0.398 e. The van der Waals surface area contributed by atoms with Crippen molar-refractivity contribution in [1.82, 2.24) is 5.32 Å². The molecule has 0 heterocycles. The molecule has 0 fully saturated rings. The van der Waals surface area contributed by atoms with Gasteiger partial charge in [-0.1, -0.05) is 47.5 Å². The summed E-state index contributed by atoms with van der Waals surface area (Å²) in [6, 6.07) is 13.0. The van der Waals surface area contributed by atoms with Gasteiger partial charge < -0.3 is 11.1 Å². The Morgan fingerprint density at radius 1 is 1.26 bits per heavy atom. The van der Waals surface area contributed by atoms with Crippen molar-refractivity contribution in [2.45, 2.75) is 13.5 Å². The van der Waals surface area contributed by atoms with Crippen LogP contribution in [0.1, 0.15) is 21.5 Å². The molecular formula is C15H15ClN2O. The summed E-state index contributed by atoms with van der Waals surface area (Å²) in [6.07, 6.45) is 0. The normalized spacial score (nSPS) is 10.2. The maximum absolute atomic E-state index is 12.1. The van der Waals surface area contributed by atoms with Gasteiger partial charge in [-0.15, -0.1) is 0 Å². The molecule has 0 saturated heterocycles. The predicted molar refractivity (Wildman–Crippen MR) is 78.2 cm³/mol.